The maximum Gasteiger partial charge on any atom is 0.227 e. The molecule has 1 aromatic rings. The molecule has 0 aromatic heterocycles. The van der Waals surface area contributed by atoms with Crippen molar-refractivity contribution in [1.82, 2.24) is 9.21 Å². The first-order valence-electron chi connectivity index (χ1n) is 8.55. The van der Waals surface area contributed by atoms with Crippen LogP contribution in [0.2, 0.25) is 0 Å². The minimum absolute atomic E-state index is 0.0536. The predicted octanol–water partition coefficient (Wildman–Crippen LogP) is 1.92. The number of likely N-dealkylation sites (tertiary alicyclic amines) is 1. The minimum Gasteiger partial charge on any atom is -0.339 e. The van der Waals surface area contributed by atoms with E-state index >= 15 is 0 Å². The molecule has 1 aromatic carbocycles. The van der Waals surface area contributed by atoms with E-state index in [-0.39, 0.29) is 29.9 Å². The molecule has 0 aliphatic carbocycles. The zero-order valence-electron chi connectivity index (χ0n) is 14.4. The molecule has 2 heterocycles. The van der Waals surface area contributed by atoms with Gasteiger partial charge < -0.3 is 4.90 Å². The van der Waals surface area contributed by atoms with Crippen molar-refractivity contribution in [3.8, 4) is 0 Å². The Kier molecular flexibility index (Phi) is 5.30. The van der Waals surface area contributed by atoms with Gasteiger partial charge in [0.15, 0.2) is 17.5 Å². The molecule has 5 nitrogen and oxygen atoms in total. The number of carbonyl (C=O) groups is 1. The number of sulfonamides is 1. The first kappa shape index (κ1) is 19.2. The molecule has 26 heavy (non-hydrogen) atoms. The molecule has 144 valence electrons. The molecular weight excluding hydrogens is 369 g/mol. The zero-order chi connectivity index (χ0) is 19.1. The van der Waals surface area contributed by atoms with Gasteiger partial charge in [-0.3, -0.25) is 4.79 Å². The summed E-state index contributed by atoms with van der Waals surface area (Å²) in [6, 6.07) is 1.60. The fourth-order valence-corrected chi connectivity index (χ4v) is 4.87. The Bertz CT molecular complexity index is 792. The number of nitrogens with zero attached hydrogens (tertiary/aromatic N) is 2. The molecule has 0 bridgehead atoms. The van der Waals surface area contributed by atoms with Crippen LogP contribution in [0.25, 0.3) is 0 Å². The SMILES string of the molecule is CS(=O)(=O)N1CC[C@H]2[C@H](CCCN2C(=O)Cc2cc(F)c(F)c(F)c2)C1. The maximum atomic E-state index is 13.4. The van der Waals surface area contributed by atoms with E-state index in [2.05, 4.69) is 0 Å². The van der Waals surface area contributed by atoms with E-state index in [1.165, 1.54) is 10.6 Å². The molecule has 0 N–H and O–H groups in total. The average Bonchev–Trinajstić information content (AvgIpc) is 2.57. The maximum absolute atomic E-state index is 13.4. The molecular formula is C17H21F3N2O3S. The summed E-state index contributed by atoms with van der Waals surface area (Å²) in [7, 11) is -3.27. The summed E-state index contributed by atoms with van der Waals surface area (Å²) >= 11 is 0. The van der Waals surface area contributed by atoms with Gasteiger partial charge in [0.1, 0.15) is 0 Å². The first-order chi connectivity index (χ1) is 12.2. The summed E-state index contributed by atoms with van der Waals surface area (Å²) in [4.78, 5) is 14.4. The molecule has 3 rings (SSSR count). The number of fused-ring (bicyclic) bond motifs is 1. The van der Waals surface area contributed by atoms with Crippen molar-refractivity contribution in [2.24, 2.45) is 5.92 Å². The van der Waals surface area contributed by atoms with Crippen LogP contribution in [0.5, 0.6) is 0 Å². The van der Waals surface area contributed by atoms with E-state index in [1.807, 2.05) is 0 Å². The fraction of sp³-hybridized carbons (Fsp3) is 0.588. The van der Waals surface area contributed by atoms with E-state index in [9.17, 15) is 26.4 Å². The second-order valence-corrected chi connectivity index (χ2v) is 9.00. The van der Waals surface area contributed by atoms with Gasteiger partial charge in [-0.25, -0.2) is 25.9 Å². The third-order valence-electron chi connectivity index (χ3n) is 5.22. The second kappa shape index (κ2) is 7.19. The van der Waals surface area contributed by atoms with Crippen LogP contribution in [0.3, 0.4) is 0 Å². The minimum atomic E-state index is -3.27. The van der Waals surface area contributed by atoms with E-state index < -0.39 is 27.5 Å². The average molecular weight is 390 g/mol. The summed E-state index contributed by atoms with van der Waals surface area (Å²) in [5.74, 6) is -4.40. The van der Waals surface area contributed by atoms with Crippen molar-refractivity contribution in [1.29, 1.82) is 0 Å². The van der Waals surface area contributed by atoms with Crippen molar-refractivity contribution in [2.45, 2.75) is 31.7 Å². The summed E-state index contributed by atoms with van der Waals surface area (Å²) in [6.07, 6.45) is 3.08. The standard InChI is InChI=1S/C17H21F3N2O3S/c1-26(24,25)21-6-4-15-12(10-21)3-2-5-22(15)16(23)9-11-7-13(18)17(20)14(19)8-11/h7-8,12,15H,2-6,9-10H2,1H3/t12-,15+/m1/s1. The van der Waals surface area contributed by atoms with Crippen LogP contribution in [0.1, 0.15) is 24.8 Å². The Hall–Kier alpha value is -1.61. The van der Waals surface area contributed by atoms with Crippen molar-refractivity contribution < 1.29 is 26.4 Å². The molecule has 2 atom stereocenters. The normalized spacial score (nSPS) is 24.4. The lowest BCUT2D eigenvalue weighted by atomic mass is 9.84. The lowest BCUT2D eigenvalue weighted by molar-refractivity contribution is -0.137. The van der Waals surface area contributed by atoms with Crippen LogP contribution in [0.4, 0.5) is 13.2 Å². The molecule has 0 unspecified atom stereocenters. The highest BCUT2D eigenvalue weighted by Gasteiger charge is 2.40. The van der Waals surface area contributed by atoms with Crippen LogP contribution >= 0.6 is 0 Å². The molecule has 2 saturated heterocycles. The lowest BCUT2D eigenvalue weighted by Crippen LogP contribution is -2.56. The van der Waals surface area contributed by atoms with Gasteiger partial charge in [-0.15, -0.1) is 0 Å². The van der Waals surface area contributed by atoms with Gasteiger partial charge in [0.25, 0.3) is 0 Å². The second-order valence-electron chi connectivity index (χ2n) is 7.02. The topological polar surface area (TPSA) is 57.7 Å². The van der Waals surface area contributed by atoms with Gasteiger partial charge in [0.05, 0.1) is 12.7 Å². The van der Waals surface area contributed by atoms with E-state index in [0.29, 0.717) is 26.1 Å². The molecule has 2 aliphatic rings. The van der Waals surface area contributed by atoms with Crippen molar-refractivity contribution in [3.05, 3.63) is 35.1 Å². The molecule has 0 radical (unpaired) electrons. The van der Waals surface area contributed by atoms with Crippen LogP contribution < -0.4 is 0 Å². The third-order valence-corrected chi connectivity index (χ3v) is 6.49. The summed E-state index contributed by atoms with van der Waals surface area (Å²) < 4.78 is 64.7. The van der Waals surface area contributed by atoms with Crippen LogP contribution in [0, 0.1) is 23.4 Å². The Morgan fingerprint density at radius 2 is 1.81 bits per heavy atom. The quantitative estimate of drug-likeness (QED) is 0.741. The molecule has 1 amide bonds. The Morgan fingerprint density at radius 3 is 2.42 bits per heavy atom. The predicted molar refractivity (Wildman–Crippen MR) is 89.3 cm³/mol. The highest BCUT2D eigenvalue weighted by Crippen LogP contribution is 2.32. The van der Waals surface area contributed by atoms with Crippen LogP contribution in [-0.2, 0) is 21.2 Å². The van der Waals surface area contributed by atoms with Crippen molar-refractivity contribution >= 4 is 15.9 Å². The zero-order valence-corrected chi connectivity index (χ0v) is 15.2. The number of carbonyl (C=O) groups excluding carboxylic acids is 1. The third kappa shape index (κ3) is 3.88. The van der Waals surface area contributed by atoms with Gasteiger partial charge >= 0.3 is 0 Å². The Morgan fingerprint density at radius 1 is 1.15 bits per heavy atom. The highest BCUT2D eigenvalue weighted by molar-refractivity contribution is 7.88. The van der Waals surface area contributed by atoms with Gasteiger partial charge in [-0.1, -0.05) is 0 Å². The first-order valence-corrected chi connectivity index (χ1v) is 10.4. The van der Waals surface area contributed by atoms with Gasteiger partial charge in [0.2, 0.25) is 15.9 Å². The Labute approximate surface area is 150 Å². The highest BCUT2D eigenvalue weighted by atomic mass is 32.2. The molecule has 9 heteroatoms. The lowest BCUT2D eigenvalue weighted by Gasteiger charge is -2.46. The Balaban J connectivity index is 1.72. The van der Waals surface area contributed by atoms with Gasteiger partial charge in [-0.2, -0.15) is 0 Å². The van der Waals surface area contributed by atoms with Crippen LogP contribution in [0.15, 0.2) is 12.1 Å². The molecule has 2 aliphatic heterocycles. The number of piperidine rings is 2. The molecule has 0 saturated carbocycles. The van der Waals surface area contributed by atoms with E-state index in [4.69, 9.17) is 0 Å². The number of benzene rings is 1. The molecule has 0 spiro atoms. The van der Waals surface area contributed by atoms with Crippen molar-refractivity contribution in [3.63, 3.8) is 0 Å². The number of hydrogen-bond acceptors (Lipinski definition) is 3. The van der Waals surface area contributed by atoms with Gasteiger partial charge in [-0.05, 0) is 42.9 Å². The van der Waals surface area contributed by atoms with Crippen LogP contribution in [-0.4, -0.2) is 55.5 Å². The number of halogens is 3. The number of hydrogen-bond donors (Lipinski definition) is 0. The largest absolute Gasteiger partial charge is 0.339 e. The van der Waals surface area contributed by atoms with Gasteiger partial charge in [0, 0.05) is 25.7 Å². The molecule has 2 fully saturated rings. The number of amides is 1. The monoisotopic (exact) mass is 390 g/mol. The van der Waals surface area contributed by atoms with E-state index in [0.717, 1.165) is 25.0 Å². The van der Waals surface area contributed by atoms with Crippen molar-refractivity contribution in [2.75, 3.05) is 25.9 Å². The summed E-state index contributed by atoms with van der Waals surface area (Å²) in [5, 5.41) is 0. The summed E-state index contributed by atoms with van der Waals surface area (Å²) in [5.41, 5.74) is 0.0853. The van der Waals surface area contributed by atoms with E-state index in [1.54, 1.807) is 4.90 Å². The fourth-order valence-electron chi connectivity index (χ4n) is 3.97. The smallest absolute Gasteiger partial charge is 0.227 e. The number of rotatable bonds is 3. The summed E-state index contributed by atoms with van der Waals surface area (Å²) in [6.45, 7) is 1.27.